The van der Waals surface area contributed by atoms with Crippen LogP contribution in [0.5, 0.6) is 0 Å². The second-order valence-electron chi connectivity index (χ2n) is 6.36. The van der Waals surface area contributed by atoms with Crippen LogP contribution in [0.3, 0.4) is 0 Å². The lowest BCUT2D eigenvalue weighted by molar-refractivity contribution is -0.192. The molecule has 0 bridgehead atoms. The first-order valence-corrected chi connectivity index (χ1v) is 7.47. The van der Waals surface area contributed by atoms with Crippen LogP contribution in [0.4, 0.5) is 0 Å². The lowest BCUT2D eigenvalue weighted by Crippen LogP contribution is -2.41. The largest absolute Gasteiger partial charge is 0.356 e. The highest BCUT2D eigenvalue weighted by molar-refractivity contribution is 5.14. The minimum Gasteiger partial charge on any atom is -0.356 e. The third-order valence-electron chi connectivity index (χ3n) is 3.19. The molecule has 118 valence electrons. The first-order chi connectivity index (χ1) is 9.92. The summed E-state index contributed by atoms with van der Waals surface area (Å²) in [6.07, 6.45) is 0.0610. The standard InChI is InChI=1S/C16H26N2O3/c1-16(2,3)20-15(19)17-11-14-9-10-18(21-14)12-13-7-5-4-6-8-13/h4-8,14-15,17,19H,9-12H2,1-3H3. The van der Waals surface area contributed by atoms with Gasteiger partial charge in [-0.3, -0.25) is 10.2 Å². The van der Waals surface area contributed by atoms with E-state index in [-0.39, 0.29) is 11.7 Å². The Morgan fingerprint density at radius 2 is 2.10 bits per heavy atom. The number of nitrogens with one attached hydrogen (secondary N) is 1. The topological polar surface area (TPSA) is 54.0 Å². The van der Waals surface area contributed by atoms with E-state index in [1.54, 1.807) is 0 Å². The van der Waals surface area contributed by atoms with Crippen molar-refractivity contribution in [3.8, 4) is 0 Å². The third-order valence-corrected chi connectivity index (χ3v) is 3.19. The molecule has 1 aliphatic heterocycles. The second kappa shape index (κ2) is 7.33. The molecule has 0 spiro atoms. The predicted octanol–water partition coefficient (Wildman–Crippen LogP) is 1.87. The molecule has 2 N–H and O–H groups in total. The molecule has 0 saturated carbocycles. The summed E-state index contributed by atoms with van der Waals surface area (Å²) in [7, 11) is 0. The Kier molecular flexibility index (Phi) is 5.72. The van der Waals surface area contributed by atoms with Crippen molar-refractivity contribution < 1.29 is 14.7 Å². The van der Waals surface area contributed by atoms with Gasteiger partial charge in [0, 0.05) is 19.6 Å². The molecule has 0 amide bonds. The van der Waals surface area contributed by atoms with Gasteiger partial charge in [-0.1, -0.05) is 30.3 Å². The molecule has 0 aromatic heterocycles. The summed E-state index contributed by atoms with van der Waals surface area (Å²) in [4.78, 5) is 5.85. The molecule has 1 heterocycles. The average molecular weight is 294 g/mol. The summed E-state index contributed by atoms with van der Waals surface area (Å²) in [6.45, 7) is 7.99. The molecule has 1 aliphatic rings. The van der Waals surface area contributed by atoms with Crippen LogP contribution < -0.4 is 5.32 Å². The van der Waals surface area contributed by atoms with Crippen molar-refractivity contribution in [3.63, 3.8) is 0 Å². The molecule has 0 radical (unpaired) electrons. The van der Waals surface area contributed by atoms with E-state index >= 15 is 0 Å². The van der Waals surface area contributed by atoms with Crippen LogP contribution >= 0.6 is 0 Å². The molecule has 2 unspecified atom stereocenters. The van der Waals surface area contributed by atoms with Gasteiger partial charge in [-0.2, -0.15) is 5.06 Å². The number of hydrogen-bond donors (Lipinski definition) is 2. The van der Waals surface area contributed by atoms with Crippen molar-refractivity contribution in [3.05, 3.63) is 35.9 Å². The minimum atomic E-state index is -0.961. The monoisotopic (exact) mass is 294 g/mol. The first-order valence-electron chi connectivity index (χ1n) is 7.47. The van der Waals surface area contributed by atoms with Gasteiger partial charge in [0.05, 0.1) is 11.7 Å². The summed E-state index contributed by atoms with van der Waals surface area (Å²) in [6, 6.07) is 10.3. The number of aliphatic hydroxyl groups excluding tert-OH is 1. The number of nitrogens with zero attached hydrogens (tertiary/aromatic N) is 1. The van der Waals surface area contributed by atoms with Crippen LogP contribution in [0, 0.1) is 0 Å². The summed E-state index contributed by atoms with van der Waals surface area (Å²) in [5.74, 6) is 0. The van der Waals surface area contributed by atoms with Gasteiger partial charge in [0.25, 0.3) is 0 Å². The molecule has 2 rings (SSSR count). The minimum absolute atomic E-state index is 0.0759. The van der Waals surface area contributed by atoms with Crippen molar-refractivity contribution in [2.45, 2.75) is 51.9 Å². The Labute approximate surface area is 126 Å². The number of hydroxylamine groups is 2. The highest BCUT2D eigenvalue weighted by Crippen LogP contribution is 2.16. The van der Waals surface area contributed by atoms with Crippen LogP contribution in [-0.4, -0.2) is 41.4 Å². The Balaban J connectivity index is 1.68. The summed E-state index contributed by atoms with van der Waals surface area (Å²) >= 11 is 0. The second-order valence-corrected chi connectivity index (χ2v) is 6.36. The third kappa shape index (κ3) is 6.11. The molecule has 2 atom stereocenters. The molecule has 1 aromatic carbocycles. The van der Waals surface area contributed by atoms with E-state index < -0.39 is 6.41 Å². The van der Waals surface area contributed by atoms with Crippen molar-refractivity contribution >= 4 is 0 Å². The van der Waals surface area contributed by atoms with Crippen molar-refractivity contribution in [2.24, 2.45) is 0 Å². The first kappa shape index (κ1) is 16.4. The number of aliphatic hydroxyl groups is 1. The van der Waals surface area contributed by atoms with E-state index in [0.717, 1.165) is 19.5 Å². The normalized spacial score (nSPS) is 21.6. The van der Waals surface area contributed by atoms with Gasteiger partial charge in [0.1, 0.15) is 0 Å². The molecule has 5 nitrogen and oxygen atoms in total. The average Bonchev–Trinajstić information content (AvgIpc) is 2.83. The molecule has 21 heavy (non-hydrogen) atoms. The summed E-state index contributed by atoms with van der Waals surface area (Å²) in [5, 5.41) is 14.7. The van der Waals surface area contributed by atoms with Crippen LogP contribution in [0.15, 0.2) is 30.3 Å². The molecular formula is C16H26N2O3. The van der Waals surface area contributed by atoms with E-state index in [0.29, 0.717) is 6.54 Å². The van der Waals surface area contributed by atoms with Gasteiger partial charge >= 0.3 is 0 Å². The number of rotatable bonds is 6. The molecular weight excluding hydrogens is 268 g/mol. The van der Waals surface area contributed by atoms with Crippen LogP contribution in [0.1, 0.15) is 32.8 Å². The molecule has 1 aromatic rings. The fourth-order valence-electron chi connectivity index (χ4n) is 2.26. The Morgan fingerprint density at radius 3 is 2.76 bits per heavy atom. The Hall–Kier alpha value is -0.980. The maximum atomic E-state index is 9.74. The van der Waals surface area contributed by atoms with Gasteiger partial charge < -0.3 is 9.84 Å². The van der Waals surface area contributed by atoms with Crippen LogP contribution in [0.25, 0.3) is 0 Å². The van der Waals surface area contributed by atoms with E-state index in [1.807, 2.05) is 44.0 Å². The predicted molar refractivity (Wildman–Crippen MR) is 81.2 cm³/mol. The molecule has 1 saturated heterocycles. The van der Waals surface area contributed by atoms with Gasteiger partial charge in [0.15, 0.2) is 0 Å². The Morgan fingerprint density at radius 1 is 1.38 bits per heavy atom. The highest BCUT2D eigenvalue weighted by atomic mass is 16.7. The maximum absolute atomic E-state index is 9.74. The number of ether oxygens (including phenoxy) is 1. The number of benzene rings is 1. The lowest BCUT2D eigenvalue weighted by Gasteiger charge is -2.25. The SMILES string of the molecule is CC(C)(C)OC(O)NCC1CCN(Cc2ccccc2)O1. The van der Waals surface area contributed by atoms with Crippen molar-refractivity contribution in [2.75, 3.05) is 13.1 Å². The van der Waals surface area contributed by atoms with Crippen molar-refractivity contribution in [1.82, 2.24) is 10.4 Å². The van der Waals surface area contributed by atoms with Gasteiger partial charge in [-0.05, 0) is 32.8 Å². The van der Waals surface area contributed by atoms with Crippen molar-refractivity contribution in [1.29, 1.82) is 0 Å². The van der Waals surface area contributed by atoms with Crippen LogP contribution in [0.2, 0.25) is 0 Å². The van der Waals surface area contributed by atoms with E-state index in [9.17, 15) is 5.11 Å². The highest BCUT2D eigenvalue weighted by Gasteiger charge is 2.25. The smallest absolute Gasteiger partial charge is 0.214 e. The fourth-order valence-corrected chi connectivity index (χ4v) is 2.26. The zero-order valence-electron chi connectivity index (χ0n) is 13.1. The van der Waals surface area contributed by atoms with Gasteiger partial charge in [-0.15, -0.1) is 0 Å². The van der Waals surface area contributed by atoms with E-state index in [1.165, 1.54) is 5.56 Å². The summed E-state index contributed by atoms with van der Waals surface area (Å²) < 4.78 is 5.40. The van der Waals surface area contributed by atoms with Crippen LogP contribution in [-0.2, 0) is 16.1 Å². The molecule has 5 heteroatoms. The number of hydrogen-bond acceptors (Lipinski definition) is 5. The van der Waals surface area contributed by atoms with Gasteiger partial charge in [0.2, 0.25) is 6.41 Å². The van der Waals surface area contributed by atoms with Gasteiger partial charge in [-0.25, -0.2) is 0 Å². The fraction of sp³-hybridized carbons (Fsp3) is 0.625. The van der Waals surface area contributed by atoms with E-state index in [4.69, 9.17) is 9.57 Å². The summed E-state index contributed by atoms with van der Waals surface area (Å²) in [5.41, 5.74) is 0.865. The lowest BCUT2D eigenvalue weighted by atomic mass is 10.2. The van der Waals surface area contributed by atoms with E-state index in [2.05, 4.69) is 17.4 Å². The zero-order chi connectivity index (χ0) is 15.3. The maximum Gasteiger partial charge on any atom is 0.214 e. The molecule has 1 fully saturated rings. The zero-order valence-corrected chi connectivity index (χ0v) is 13.1. The Bertz CT molecular complexity index is 419. The molecule has 0 aliphatic carbocycles. The quantitative estimate of drug-likeness (QED) is 0.785.